The maximum atomic E-state index is 11.2. The molecule has 1 fully saturated rings. The molecular weight excluding hydrogens is 250 g/mol. The van der Waals surface area contributed by atoms with E-state index in [1.54, 1.807) is 0 Å². The Hall–Kier alpha value is -1.30. The third kappa shape index (κ3) is 2.93. The van der Waals surface area contributed by atoms with Crippen molar-refractivity contribution in [3.05, 3.63) is 11.8 Å². The molecule has 2 rings (SSSR count). The molecule has 0 amide bonds. The number of carboxylic acid groups (broad SMARTS) is 1. The molecule has 0 bridgehead atoms. The summed E-state index contributed by atoms with van der Waals surface area (Å²) in [4.78, 5) is 21.7. The number of carbonyl (C=O) groups is 1. The van der Waals surface area contributed by atoms with E-state index in [-0.39, 0.29) is 5.56 Å². The van der Waals surface area contributed by atoms with E-state index in [9.17, 15) is 9.90 Å². The number of rotatable bonds is 3. The van der Waals surface area contributed by atoms with E-state index in [0.29, 0.717) is 11.0 Å². The number of anilines is 1. The third-order valence-electron chi connectivity index (χ3n) is 3.07. The molecule has 1 aromatic rings. The van der Waals surface area contributed by atoms with Crippen molar-refractivity contribution in [1.82, 2.24) is 9.97 Å². The first-order valence-corrected chi connectivity index (χ1v) is 7.34. The molecule has 6 heteroatoms. The van der Waals surface area contributed by atoms with Crippen LogP contribution in [-0.2, 0) is 0 Å². The molecule has 1 aliphatic heterocycles. The summed E-state index contributed by atoms with van der Waals surface area (Å²) in [5, 5.41) is 9.84. The molecule has 1 aliphatic rings. The molecule has 2 heterocycles. The second kappa shape index (κ2) is 6.04. The van der Waals surface area contributed by atoms with Gasteiger partial charge in [-0.1, -0.05) is 24.6 Å². The number of hydrogen-bond donors (Lipinski definition) is 1. The lowest BCUT2D eigenvalue weighted by Gasteiger charge is -2.23. The lowest BCUT2D eigenvalue weighted by molar-refractivity contribution is 0.0696. The van der Waals surface area contributed by atoms with Gasteiger partial charge in [-0.05, 0) is 19.1 Å². The number of aromatic carboxylic acids is 1. The van der Waals surface area contributed by atoms with Crippen LogP contribution in [-0.4, -0.2) is 40.4 Å². The maximum Gasteiger partial charge on any atom is 0.341 e. The zero-order valence-corrected chi connectivity index (χ0v) is 11.2. The van der Waals surface area contributed by atoms with Crippen molar-refractivity contribution >= 4 is 23.5 Å². The minimum atomic E-state index is -0.957. The van der Waals surface area contributed by atoms with E-state index < -0.39 is 5.97 Å². The number of nitrogens with zero attached hydrogens (tertiary/aromatic N) is 3. The Kier molecular flexibility index (Phi) is 4.41. The van der Waals surface area contributed by atoms with E-state index in [2.05, 4.69) is 14.9 Å². The van der Waals surface area contributed by atoms with Gasteiger partial charge in [-0.25, -0.2) is 14.8 Å². The number of aromatic nitrogens is 2. The zero-order chi connectivity index (χ0) is 13.0. The Morgan fingerprint density at radius 2 is 2.00 bits per heavy atom. The molecule has 18 heavy (non-hydrogen) atoms. The molecule has 0 radical (unpaired) electrons. The van der Waals surface area contributed by atoms with Gasteiger partial charge in [0, 0.05) is 19.3 Å². The molecule has 0 spiro atoms. The molecule has 98 valence electrons. The van der Waals surface area contributed by atoms with Crippen LogP contribution in [0.15, 0.2) is 11.4 Å². The number of carboxylic acids is 1. The summed E-state index contributed by atoms with van der Waals surface area (Å²) in [6.07, 6.45) is 7.91. The van der Waals surface area contributed by atoms with Crippen molar-refractivity contribution in [2.75, 3.05) is 24.2 Å². The topological polar surface area (TPSA) is 66.3 Å². The van der Waals surface area contributed by atoms with Crippen LogP contribution in [0.2, 0.25) is 0 Å². The lowest BCUT2D eigenvalue weighted by Crippen LogP contribution is -2.27. The van der Waals surface area contributed by atoms with E-state index in [1.165, 1.54) is 30.8 Å². The first-order chi connectivity index (χ1) is 8.72. The van der Waals surface area contributed by atoms with Crippen LogP contribution in [0.4, 0.5) is 5.82 Å². The van der Waals surface area contributed by atoms with E-state index in [1.807, 2.05) is 6.26 Å². The van der Waals surface area contributed by atoms with Gasteiger partial charge in [0.1, 0.15) is 11.4 Å². The van der Waals surface area contributed by atoms with Crippen molar-refractivity contribution in [1.29, 1.82) is 0 Å². The molecule has 0 unspecified atom stereocenters. The summed E-state index contributed by atoms with van der Waals surface area (Å²) in [6, 6.07) is 0. The average molecular weight is 267 g/mol. The first-order valence-electron chi connectivity index (χ1n) is 6.11. The Bertz CT molecular complexity index is 431. The molecule has 1 saturated heterocycles. The third-order valence-corrected chi connectivity index (χ3v) is 3.63. The minimum absolute atomic E-state index is 0.203. The van der Waals surface area contributed by atoms with Gasteiger partial charge in [0.25, 0.3) is 0 Å². The molecule has 0 atom stereocenters. The summed E-state index contributed by atoms with van der Waals surface area (Å²) >= 11 is 1.43. The summed E-state index contributed by atoms with van der Waals surface area (Å²) in [5.74, 6) is -0.384. The molecule has 0 saturated carbocycles. The van der Waals surface area contributed by atoms with Gasteiger partial charge in [0.15, 0.2) is 5.16 Å². The highest BCUT2D eigenvalue weighted by atomic mass is 32.2. The fourth-order valence-electron chi connectivity index (χ4n) is 2.13. The van der Waals surface area contributed by atoms with Crippen LogP contribution >= 0.6 is 11.8 Å². The second-order valence-corrected chi connectivity index (χ2v) is 5.07. The average Bonchev–Trinajstić information content (AvgIpc) is 2.66. The van der Waals surface area contributed by atoms with Crippen LogP contribution in [0, 0.1) is 0 Å². The maximum absolute atomic E-state index is 11.2. The van der Waals surface area contributed by atoms with Crippen LogP contribution in [0.5, 0.6) is 0 Å². The van der Waals surface area contributed by atoms with Gasteiger partial charge in [-0.3, -0.25) is 0 Å². The number of thioether (sulfide) groups is 1. The predicted octanol–water partition coefficient (Wildman–Crippen LogP) is 2.28. The van der Waals surface area contributed by atoms with Crippen molar-refractivity contribution in [3.63, 3.8) is 0 Å². The van der Waals surface area contributed by atoms with Crippen molar-refractivity contribution < 1.29 is 9.90 Å². The highest BCUT2D eigenvalue weighted by Gasteiger charge is 2.20. The van der Waals surface area contributed by atoms with E-state index in [4.69, 9.17) is 0 Å². The lowest BCUT2D eigenvalue weighted by atomic mass is 10.2. The predicted molar refractivity (Wildman–Crippen MR) is 71.5 cm³/mol. The quantitative estimate of drug-likeness (QED) is 0.669. The van der Waals surface area contributed by atoms with Gasteiger partial charge in [-0.2, -0.15) is 0 Å². The van der Waals surface area contributed by atoms with Crippen molar-refractivity contribution in [3.8, 4) is 0 Å². The van der Waals surface area contributed by atoms with Gasteiger partial charge in [0.2, 0.25) is 0 Å². The molecule has 5 nitrogen and oxygen atoms in total. The fourth-order valence-corrected chi connectivity index (χ4v) is 2.47. The molecule has 0 aliphatic carbocycles. The first kappa shape index (κ1) is 13.1. The Labute approximate surface area is 111 Å². The second-order valence-electron chi connectivity index (χ2n) is 4.30. The van der Waals surface area contributed by atoms with Gasteiger partial charge >= 0.3 is 5.97 Å². The highest BCUT2D eigenvalue weighted by molar-refractivity contribution is 7.98. The van der Waals surface area contributed by atoms with Crippen LogP contribution < -0.4 is 4.90 Å². The summed E-state index contributed by atoms with van der Waals surface area (Å²) in [6.45, 7) is 1.76. The molecular formula is C12H17N3O2S. The normalized spacial score (nSPS) is 16.4. The van der Waals surface area contributed by atoms with E-state index in [0.717, 1.165) is 25.9 Å². The Morgan fingerprint density at radius 1 is 1.33 bits per heavy atom. The van der Waals surface area contributed by atoms with Crippen LogP contribution in [0.3, 0.4) is 0 Å². The molecule has 1 aromatic heterocycles. The van der Waals surface area contributed by atoms with Gasteiger partial charge in [0.05, 0.1) is 0 Å². The zero-order valence-electron chi connectivity index (χ0n) is 10.4. The SMILES string of the molecule is CSc1ncc(C(=O)O)c(N2CCCCCC2)n1. The van der Waals surface area contributed by atoms with E-state index >= 15 is 0 Å². The van der Waals surface area contributed by atoms with Crippen molar-refractivity contribution in [2.45, 2.75) is 30.8 Å². The standard InChI is InChI=1S/C12H17N3O2S/c1-18-12-13-8-9(11(16)17)10(14-12)15-6-4-2-3-5-7-15/h8H,2-7H2,1H3,(H,16,17). The summed E-state index contributed by atoms with van der Waals surface area (Å²) < 4.78 is 0. The highest BCUT2D eigenvalue weighted by Crippen LogP contribution is 2.23. The van der Waals surface area contributed by atoms with Crippen molar-refractivity contribution in [2.24, 2.45) is 0 Å². The number of hydrogen-bond acceptors (Lipinski definition) is 5. The Balaban J connectivity index is 2.35. The molecule has 1 N–H and O–H groups in total. The molecule has 0 aromatic carbocycles. The minimum Gasteiger partial charge on any atom is -0.477 e. The van der Waals surface area contributed by atoms with Crippen LogP contribution in [0.1, 0.15) is 36.0 Å². The Morgan fingerprint density at radius 3 is 2.56 bits per heavy atom. The van der Waals surface area contributed by atoms with Crippen LogP contribution in [0.25, 0.3) is 0 Å². The summed E-state index contributed by atoms with van der Waals surface area (Å²) in [5.41, 5.74) is 0.203. The monoisotopic (exact) mass is 267 g/mol. The largest absolute Gasteiger partial charge is 0.477 e. The van der Waals surface area contributed by atoms with Gasteiger partial charge in [-0.15, -0.1) is 0 Å². The van der Waals surface area contributed by atoms with Gasteiger partial charge < -0.3 is 10.0 Å². The summed E-state index contributed by atoms with van der Waals surface area (Å²) in [7, 11) is 0. The smallest absolute Gasteiger partial charge is 0.341 e. The fraction of sp³-hybridized carbons (Fsp3) is 0.583.